The third-order valence-electron chi connectivity index (χ3n) is 3.18. The molecule has 1 heteroatoms. The van der Waals surface area contributed by atoms with Crippen molar-refractivity contribution < 1.29 is 4.79 Å². The number of carbonyl (C=O) groups is 1. The van der Waals surface area contributed by atoms with Crippen molar-refractivity contribution in [2.24, 2.45) is 5.92 Å². The third-order valence-corrected chi connectivity index (χ3v) is 3.18. The van der Waals surface area contributed by atoms with Gasteiger partial charge in [-0.2, -0.15) is 0 Å². The van der Waals surface area contributed by atoms with Crippen LogP contribution in [0.4, 0.5) is 0 Å². The smallest absolute Gasteiger partial charge is 0.136 e. The molecule has 0 aliphatic heterocycles. The lowest BCUT2D eigenvalue weighted by atomic mass is 9.93. The first-order chi connectivity index (χ1) is 7.67. The second kappa shape index (κ2) is 6.47. The number of carbonyl (C=O) groups excluding carboxylic acids is 1. The van der Waals surface area contributed by atoms with E-state index in [1.165, 1.54) is 11.1 Å². The summed E-state index contributed by atoms with van der Waals surface area (Å²) in [6.45, 7) is 6.28. The fraction of sp³-hybridized carbons (Fsp3) is 0.533. The van der Waals surface area contributed by atoms with Crippen molar-refractivity contribution in [2.45, 2.75) is 46.5 Å². The van der Waals surface area contributed by atoms with Crippen LogP contribution < -0.4 is 0 Å². The van der Waals surface area contributed by atoms with Crippen LogP contribution in [0.25, 0.3) is 0 Å². The van der Waals surface area contributed by atoms with E-state index in [1.54, 1.807) is 0 Å². The lowest BCUT2D eigenvalue weighted by Crippen LogP contribution is -2.13. The summed E-state index contributed by atoms with van der Waals surface area (Å²) in [5.74, 6) is 0.691. The number of aryl methyl sites for hydroxylation is 2. The first-order valence-electron chi connectivity index (χ1n) is 6.25. The van der Waals surface area contributed by atoms with E-state index < -0.39 is 0 Å². The molecule has 1 rings (SSSR count). The van der Waals surface area contributed by atoms with Crippen LogP contribution in [0.3, 0.4) is 0 Å². The highest BCUT2D eigenvalue weighted by atomic mass is 16.1. The molecule has 1 nitrogen and oxygen atoms in total. The number of Topliss-reactive ketones (excluding diaryl/α,β-unsaturated/α-hetero) is 1. The molecule has 1 aromatic carbocycles. The van der Waals surface area contributed by atoms with E-state index in [0.717, 1.165) is 19.3 Å². The summed E-state index contributed by atoms with van der Waals surface area (Å²) < 4.78 is 0. The Kier molecular flexibility index (Phi) is 5.24. The molecular formula is C15H22O. The van der Waals surface area contributed by atoms with E-state index >= 15 is 0 Å². The van der Waals surface area contributed by atoms with Crippen molar-refractivity contribution in [1.82, 2.24) is 0 Å². The summed E-state index contributed by atoms with van der Waals surface area (Å²) in [5.41, 5.74) is 2.55. The molecule has 0 aliphatic carbocycles. The third kappa shape index (κ3) is 3.80. The lowest BCUT2D eigenvalue weighted by molar-refractivity contribution is -0.123. The van der Waals surface area contributed by atoms with Crippen LogP contribution in [0, 0.1) is 12.8 Å². The molecular weight excluding hydrogens is 196 g/mol. The highest BCUT2D eigenvalue weighted by Gasteiger charge is 2.13. The summed E-state index contributed by atoms with van der Waals surface area (Å²) in [6, 6.07) is 8.42. The predicted molar refractivity (Wildman–Crippen MR) is 68.6 cm³/mol. The molecule has 0 fully saturated rings. The molecule has 1 aromatic rings. The Morgan fingerprint density at radius 1 is 1.25 bits per heavy atom. The minimum atomic E-state index is 0.268. The molecule has 0 aliphatic rings. The predicted octanol–water partition coefficient (Wildman–Crippen LogP) is 3.93. The second-order valence-electron chi connectivity index (χ2n) is 4.47. The molecule has 0 aromatic heterocycles. The zero-order valence-corrected chi connectivity index (χ0v) is 10.6. The van der Waals surface area contributed by atoms with Crippen LogP contribution in [0.1, 0.15) is 44.2 Å². The van der Waals surface area contributed by atoms with Crippen molar-refractivity contribution in [3.8, 4) is 0 Å². The molecule has 88 valence electrons. The molecule has 0 spiro atoms. The van der Waals surface area contributed by atoms with E-state index in [0.29, 0.717) is 12.2 Å². The zero-order valence-electron chi connectivity index (χ0n) is 10.6. The average molecular weight is 218 g/mol. The number of rotatable bonds is 6. The number of hydrogen-bond donors (Lipinski definition) is 0. The van der Waals surface area contributed by atoms with Crippen LogP contribution in [0.2, 0.25) is 0 Å². The van der Waals surface area contributed by atoms with Crippen molar-refractivity contribution in [3.05, 3.63) is 35.4 Å². The van der Waals surface area contributed by atoms with Crippen molar-refractivity contribution in [1.29, 1.82) is 0 Å². The van der Waals surface area contributed by atoms with Gasteiger partial charge in [-0.05, 0) is 31.7 Å². The van der Waals surface area contributed by atoms with E-state index in [-0.39, 0.29) is 5.92 Å². The molecule has 0 unspecified atom stereocenters. The van der Waals surface area contributed by atoms with E-state index in [4.69, 9.17) is 0 Å². The summed E-state index contributed by atoms with van der Waals surface area (Å²) in [5, 5.41) is 0. The summed E-state index contributed by atoms with van der Waals surface area (Å²) in [4.78, 5) is 11.9. The van der Waals surface area contributed by atoms with Gasteiger partial charge in [-0.15, -0.1) is 0 Å². The number of ketones is 1. The van der Waals surface area contributed by atoms with Gasteiger partial charge in [0, 0.05) is 12.3 Å². The van der Waals surface area contributed by atoms with Gasteiger partial charge in [0.2, 0.25) is 0 Å². The van der Waals surface area contributed by atoms with Crippen molar-refractivity contribution >= 4 is 5.78 Å². The van der Waals surface area contributed by atoms with Gasteiger partial charge in [-0.1, -0.05) is 43.7 Å². The van der Waals surface area contributed by atoms with Gasteiger partial charge in [-0.25, -0.2) is 0 Å². The van der Waals surface area contributed by atoms with Gasteiger partial charge >= 0.3 is 0 Å². The van der Waals surface area contributed by atoms with Crippen LogP contribution in [0.15, 0.2) is 24.3 Å². The van der Waals surface area contributed by atoms with Crippen LogP contribution in [0.5, 0.6) is 0 Å². The largest absolute Gasteiger partial charge is 0.299 e. The van der Waals surface area contributed by atoms with Crippen LogP contribution >= 0.6 is 0 Å². The summed E-state index contributed by atoms with van der Waals surface area (Å²) >= 11 is 0. The Bertz CT molecular complexity index is 337. The fourth-order valence-corrected chi connectivity index (χ4v) is 2.08. The minimum Gasteiger partial charge on any atom is -0.299 e. The van der Waals surface area contributed by atoms with Crippen molar-refractivity contribution in [2.75, 3.05) is 0 Å². The van der Waals surface area contributed by atoms with Gasteiger partial charge in [0.25, 0.3) is 0 Å². The molecule has 0 N–H and O–H groups in total. The average Bonchev–Trinajstić information content (AvgIpc) is 2.28. The van der Waals surface area contributed by atoms with Gasteiger partial charge in [0.15, 0.2) is 0 Å². The first-order valence-corrected chi connectivity index (χ1v) is 6.25. The number of benzene rings is 1. The number of hydrogen-bond acceptors (Lipinski definition) is 1. The quantitative estimate of drug-likeness (QED) is 0.707. The van der Waals surface area contributed by atoms with E-state index in [2.05, 4.69) is 45.0 Å². The maximum Gasteiger partial charge on any atom is 0.136 e. The SMILES string of the molecule is CCC(CC)C(=O)CCc1cccc(C)c1. The Labute approximate surface area is 98.9 Å². The normalized spacial score (nSPS) is 10.8. The second-order valence-corrected chi connectivity index (χ2v) is 4.47. The van der Waals surface area contributed by atoms with Crippen LogP contribution in [-0.4, -0.2) is 5.78 Å². The first kappa shape index (κ1) is 13.0. The Hall–Kier alpha value is -1.11. The molecule has 16 heavy (non-hydrogen) atoms. The van der Waals surface area contributed by atoms with Gasteiger partial charge in [0.1, 0.15) is 5.78 Å². The Morgan fingerprint density at radius 2 is 1.94 bits per heavy atom. The van der Waals surface area contributed by atoms with Gasteiger partial charge < -0.3 is 0 Å². The van der Waals surface area contributed by atoms with Crippen molar-refractivity contribution in [3.63, 3.8) is 0 Å². The fourth-order valence-electron chi connectivity index (χ4n) is 2.08. The molecule has 0 radical (unpaired) electrons. The maximum atomic E-state index is 11.9. The Morgan fingerprint density at radius 3 is 2.50 bits per heavy atom. The highest BCUT2D eigenvalue weighted by Crippen LogP contribution is 2.14. The lowest BCUT2D eigenvalue weighted by Gasteiger charge is -2.10. The standard InChI is InChI=1S/C15H22O/c1-4-14(5-2)15(16)10-9-13-8-6-7-12(3)11-13/h6-8,11,14H,4-5,9-10H2,1-3H3. The van der Waals surface area contributed by atoms with E-state index in [9.17, 15) is 4.79 Å². The minimum absolute atomic E-state index is 0.268. The topological polar surface area (TPSA) is 17.1 Å². The summed E-state index contributed by atoms with van der Waals surface area (Å²) in [6.07, 6.45) is 3.53. The monoisotopic (exact) mass is 218 g/mol. The van der Waals surface area contributed by atoms with Gasteiger partial charge in [-0.3, -0.25) is 4.79 Å². The molecule has 0 atom stereocenters. The summed E-state index contributed by atoms with van der Waals surface area (Å²) in [7, 11) is 0. The molecule has 0 amide bonds. The van der Waals surface area contributed by atoms with Gasteiger partial charge in [0.05, 0.1) is 0 Å². The molecule has 0 heterocycles. The van der Waals surface area contributed by atoms with E-state index in [1.807, 2.05) is 0 Å². The molecule has 0 saturated carbocycles. The molecule has 0 saturated heterocycles. The zero-order chi connectivity index (χ0) is 12.0. The Balaban J connectivity index is 2.48. The maximum absolute atomic E-state index is 11.9. The van der Waals surface area contributed by atoms with Crippen LogP contribution in [-0.2, 0) is 11.2 Å². The highest BCUT2D eigenvalue weighted by molar-refractivity contribution is 5.81. The molecule has 0 bridgehead atoms.